The molecule has 2 aromatic carbocycles. The number of carbonyl (C=O) groups is 1. The lowest BCUT2D eigenvalue weighted by Crippen LogP contribution is -2.24. The first-order chi connectivity index (χ1) is 12.6. The van der Waals surface area contributed by atoms with Gasteiger partial charge in [0.15, 0.2) is 0 Å². The summed E-state index contributed by atoms with van der Waals surface area (Å²) in [6, 6.07) is 14.5. The van der Waals surface area contributed by atoms with Crippen molar-refractivity contribution >= 4 is 29.1 Å². The number of hydrogen-bond acceptors (Lipinski definition) is 4. The number of carbonyl (C=O) groups excluding carboxylic acids is 1. The Morgan fingerprint density at radius 3 is 2.69 bits per heavy atom. The molecule has 0 saturated heterocycles. The molecule has 0 aromatic heterocycles. The van der Waals surface area contributed by atoms with E-state index in [1.54, 1.807) is 18.2 Å². The zero-order valence-electron chi connectivity index (χ0n) is 14.0. The van der Waals surface area contributed by atoms with Crippen LogP contribution in [0.2, 0.25) is 10.0 Å². The van der Waals surface area contributed by atoms with Gasteiger partial charge in [-0.1, -0.05) is 35.3 Å². The lowest BCUT2D eigenvalue weighted by Gasteiger charge is -2.11. The molecule has 0 saturated carbocycles. The Kier molecular flexibility index (Phi) is 8.07. The first-order valence-corrected chi connectivity index (χ1v) is 8.77. The van der Waals surface area contributed by atoms with Gasteiger partial charge < -0.3 is 14.8 Å². The third-order valence-corrected chi connectivity index (χ3v) is 3.91. The molecule has 0 atom stereocenters. The first-order valence-electron chi connectivity index (χ1n) is 8.01. The van der Waals surface area contributed by atoms with Gasteiger partial charge in [-0.25, -0.2) is 0 Å². The second kappa shape index (κ2) is 10.5. The Balaban J connectivity index is 1.74. The topological polar surface area (TPSA) is 71.4 Å². The molecule has 0 heterocycles. The molecule has 136 valence electrons. The van der Waals surface area contributed by atoms with E-state index >= 15 is 0 Å². The summed E-state index contributed by atoms with van der Waals surface area (Å²) in [5.74, 6) is 1.01. The van der Waals surface area contributed by atoms with Crippen LogP contribution in [-0.2, 0) is 11.2 Å². The Bertz CT molecular complexity index is 791. The van der Waals surface area contributed by atoms with E-state index in [9.17, 15) is 4.79 Å². The lowest BCUT2D eigenvalue weighted by atomic mass is 10.1. The molecule has 1 amide bonds. The van der Waals surface area contributed by atoms with Gasteiger partial charge in [0.2, 0.25) is 5.91 Å². The molecule has 0 aliphatic rings. The average Bonchev–Trinajstić information content (AvgIpc) is 2.61. The molecule has 2 aromatic rings. The van der Waals surface area contributed by atoms with Gasteiger partial charge in [-0.3, -0.25) is 4.79 Å². The molecule has 0 unspecified atom stereocenters. The molecule has 0 aliphatic carbocycles. The number of hydrogen-bond donors (Lipinski definition) is 1. The van der Waals surface area contributed by atoms with Gasteiger partial charge in [0.05, 0.1) is 11.1 Å². The van der Waals surface area contributed by atoms with Crippen LogP contribution in [0.25, 0.3) is 0 Å². The predicted molar refractivity (Wildman–Crippen MR) is 101 cm³/mol. The van der Waals surface area contributed by atoms with Crippen LogP contribution in [0.15, 0.2) is 42.5 Å². The lowest BCUT2D eigenvalue weighted by molar-refractivity contribution is -0.120. The first kappa shape index (κ1) is 19.9. The van der Waals surface area contributed by atoms with Crippen LogP contribution in [0, 0.1) is 11.3 Å². The van der Waals surface area contributed by atoms with Crippen LogP contribution in [0.1, 0.15) is 12.0 Å². The number of nitrogens with one attached hydrogen (secondary N) is 1. The number of nitriles is 1. The number of ether oxygens (including phenoxy) is 2. The molecular formula is C19H18Cl2N2O3. The Morgan fingerprint density at radius 1 is 1.12 bits per heavy atom. The minimum Gasteiger partial charge on any atom is -0.490 e. The molecule has 5 nitrogen and oxygen atoms in total. The second-order valence-corrected chi connectivity index (χ2v) is 6.20. The Morgan fingerprint density at radius 2 is 1.92 bits per heavy atom. The van der Waals surface area contributed by atoms with Gasteiger partial charge in [-0.05, 0) is 42.3 Å². The maximum absolute atomic E-state index is 11.2. The van der Waals surface area contributed by atoms with E-state index in [1.165, 1.54) is 0 Å². The zero-order valence-corrected chi connectivity index (χ0v) is 15.5. The van der Waals surface area contributed by atoms with Gasteiger partial charge >= 0.3 is 0 Å². The van der Waals surface area contributed by atoms with E-state index in [4.69, 9.17) is 37.9 Å². The van der Waals surface area contributed by atoms with Gasteiger partial charge in [0, 0.05) is 11.6 Å². The largest absolute Gasteiger partial charge is 0.490 e. The normalized spacial score (nSPS) is 10.0. The van der Waals surface area contributed by atoms with Crippen LogP contribution in [0.4, 0.5) is 0 Å². The van der Waals surface area contributed by atoms with Crippen LogP contribution < -0.4 is 14.8 Å². The van der Waals surface area contributed by atoms with Crippen LogP contribution >= 0.6 is 23.2 Å². The Hall–Kier alpha value is -2.42. The third-order valence-electron chi connectivity index (χ3n) is 3.38. The Labute approximate surface area is 162 Å². The fraction of sp³-hybridized carbons (Fsp3) is 0.263. The monoisotopic (exact) mass is 392 g/mol. The highest BCUT2D eigenvalue weighted by Crippen LogP contribution is 2.27. The summed E-state index contributed by atoms with van der Waals surface area (Å²) >= 11 is 11.9. The van der Waals surface area contributed by atoms with Crippen LogP contribution in [0.5, 0.6) is 11.5 Å². The van der Waals surface area contributed by atoms with Gasteiger partial charge in [-0.15, -0.1) is 0 Å². The van der Waals surface area contributed by atoms with E-state index in [2.05, 4.69) is 5.32 Å². The van der Waals surface area contributed by atoms with Crippen molar-refractivity contribution in [2.75, 3.05) is 19.8 Å². The molecule has 0 aliphatic heterocycles. The molecule has 0 bridgehead atoms. The van der Waals surface area contributed by atoms with E-state index in [1.807, 2.05) is 30.3 Å². The quantitative estimate of drug-likeness (QED) is 0.654. The number of rotatable bonds is 9. The number of halogens is 2. The molecular weight excluding hydrogens is 375 g/mol. The van der Waals surface area contributed by atoms with Gasteiger partial charge in [0.25, 0.3) is 0 Å². The van der Waals surface area contributed by atoms with Crippen molar-refractivity contribution in [2.45, 2.75) is 12.8 Å². The fourth-order valence-electron chi connectivity index (χ4n) is 2.17. The van der Waals surface area contributed by atoms with Crippen molar-refractivity contribution in [1.29, 1.82) is 5.26 Å². The van der Waals surface area contributed by atoms with Crippen molar-refractivity contribution in [3.05, 3.63) is 58.1 Å². The summed E-state index contributed by atoms with van der Waals surface area (Å²) < 4.78 is 11.2. The summed E-state index contributed by atoms with van der Waals surface area (Å²) in [5, 5.41) is 12.1. The van der Waals surface area contributed by atoms with Crippen molar-refractivity contribution < 1.29 is 14.3 Å². The molecule has 1 N–H and O–H groups in total. The van der Waals surface area contributed by atoms with Crippen LogP contribution in [0.3, 0.4) is 0 Å². The van der Waals surface area contributed by atoms with Crippen molar-refractivity contribution in [1.82, 2.24) is 5.32 Å². The van der Waals surface area contributed by atoms with Gasteiger partial charge in [0.1, 0.15) is 31.1 Å². The van der Waals surface area contributed by atoms with Crippen LogP contribution in [-0.4, -0.2) is 25.7 Å². The minimum absolute atomic E-state index is 0.124. The number of benzene rings is 2. The average molecular weight is 393 g/mol. The predicted octanol–water partition coefficient (Wildman–Crippen LogP) is 4.02. The van der Waals surface area contributed by atoms with E-state index in [-0.39, 0.29) is 12.3 Å². The van der Waals surface area contributed by atoms with E-state index in [0.29, 0.717) is 42.0 Å². The molecule has 0 spiro atoms. The van der Waals surface area contributed by atoms with E-state index in [0.717, 1.165) is 11.3 Å². The summed E-state index contributed by atoms with van der Waals surface area (Å²) in [6.07, 6.45) is 0.534. The summed E-state index contributed by atoms with van der Waals surface area (Å²) in [6.45, 7) is 1.18. The summed E-state index contributed by atoms with van der Waals surface area (Å²) in [7, 11) is 0. The number of amides is 1. The van der Waals surface area contributed by atoms with Crippen molar-refractivity contribution in [2.24, 2.45) is 0 Å². The van der Waals surface area contributed by atoms with E-state index < -0.39 is 0 Å². The third kappa shape index (κ3) is 6.83. The highest BCUT2D eigenvalue weighted by atomic mass is 35.5. The molecule has 7 heteroatoms. The standard InChI is InChI=1S/C19H18Cl2N2O3/c20-15-4-5-18(17(21)13-15)26-11-10-25-16-3-1-2-14(12-16)7-9-23-19(24)6-8-22/h1-5,12-13H,6-7,9-11H2,(H,23,24). The van der Waals surface area contributed by atoms with Crippen molar-refractivity contribution in [3.63, 3.8) is 0 Å². The maximum atomic E-state index is 11.2. The summed E-state index contributed by atoms with van der Waals surface area (Å²) in [5.41, 5.74) is 1.03. The zero-order chi connectivity index (χ0) is 18.8. The molecule has 0 radical (unpaired) electrons. The molecule has 2 rings (SSSR count). The van der Waals surface area contributed by atoms with Crippen molar-refractivity contribution in [3.8, 4) is 17.6 Å². The smallest absolute Gasteiger partial charge is 0.234 e. The second-order valence-electron chi connectivity index (χ2n) is 5.35. The van der Waals surface area contributed by atoms with Gasteiger partial charge in [-0.2, -0.15) is 5.26 Å². The minimum atomic E-state index is -0.266. The summed E-state index contributed by atoms with van der Waals surface area (Å²) in [4.78, 5) is 11.2. The molecule has 26 heavy (non-hydrogen) atoms. The maximum Gasteiger partial charge on any atom is 0.234 e. The highest BCUT2D eigenvalue weighted by molar-refractivity contribution is 6.35. The highest BCUT2D eigenvalue weighted by Gasteiger charge is 2.03. The SMILES string of the molecule is N#CCC(=O)NCCc1cccc(OCCOc2ccc(Cl)cc2Cl)c1. The molecule has 0 fully saturated rings. The number of nitrogens with zero attached hydrogens (tertiary/aromatic N) is 1. The fourth-order valence-corrected chi connectivity index (χ4v) is 2.64.